The molecule has 2 rings (SSSR count). The summed E-state index contributed by atoms with van der Waals surface area (Å²) in [5, 5.41) is 3.29. The Labute approximate surface area is 96.8 Å². The highest BCUT2D eigenvalue weighted by molar-refractivity contribution is 9.10. The van der Waals surface area contributed by atoms with Gasteiger partial charge in [-0.2, -0.15) is 0 Å². The first kappa shape index (κ1) is 10.8. The molecule has 82 valence electrons. The van der Waals surface area contributed by atoms with E-state index in [4.69, 9.17) is 0 Å². The molecule has 1 atom stereocenters. The zero-order valence-corrected chi connectivity index (χ0v) is 10.2. The van der Waals surface area contributed by atoms with Gasteiger partial charge < -0.3 is 5.32 Å². The van der Waals surface area contributed by atoms with Crippen molar-refractivity contribution in [3.8, 4) is 0 Å². The number of nitrogens with zero attached hydrogens (tertiary/aromatic N) is 2. The molecule has 0 spiro atoms. The summed E-state index contributed by atoms with van der Waals surface area (Å²) >= 11 is 3.27. The fourth-order valence-electron chi connectivity index (χ4n) is 1.82. The highest BCUT2D eigenvalue weighted by atomic mass is 79.9. The minimum Gasteiger partial charge on any atom is -0.316 e. The van der Waals surface area contributed by atoms with Gasteiger partial charge in [-0.1, -0.05) is 0 Å². The monoisotopic (exact) mass is 271 g/mol. The molecule has 1 saturated heterocycles. The molecular weight excluding hydrogens is 258 g/mol. The van der Waals surface area contributed by atoms with Crippen LogP contribution >= 0.6 is 15.9 Å². The summed E-state index contributed by atoms with van der Waals surface area (Å²) in [4.78, 5) is 16.0. The van der Waals surface area contributed by atoms with E-state index in [1.54, 1.807) is 10.9 Å². The summed E-state index contributed by atoms with van der Waals surface area (Å²) in [5.74, 6) is 0.555. The zero-order valence-electron chi connectivity index (χ0n) is 8.66. The van der Waals surface area contributed by atoms with Crippen LogP contribution in [0.1, 0.15) is 12.1 Å². The van der Waals surface area contributed by atoms with Crippen LogP contribution in [0.15, 0.2) is 15.6 Å². The Balaban J connectivity index is 2.21. The summed E-state index contributed by atoms with van der Waals surface area (Å²) in [6, 6.07) is 0. The van der Waals surface area contributed by atoms with Crippen LogP contribution in [-0.2, 0) is 6.54 Å². The van der Waals surface area contributed by atoms with Crippen LogP contribution < -0.4 is 10.9 Å². The molecule has 0 aromatic carbocycles. The van der Waals surface area contributed by atoms with Gasteiger partial charge in [0.1, 0.15) is 4.47 Å². The number of nitrogens with one attached hydrogen (secondary N) is 1. The quantitative estimate of drug-likeness (QED) is 0.871. The second kappa shape index (κ2) is 4.45. The van der Waals surface area contributed by atoms with Crippen LogP contribution in [0, 0.1) is 12.8 Å². The van der Waals surface area contributed by atoms with Crippen molar-refractivity contribution in [2.75, 3.05) is 13.1 Å². The third-order valence-electron chi connectivity index (χ3n) is 2.77. The maximum absolute atomic E-state index is 11.8. The van der Waals surface area contributed by atoms with Gasteiger partial charge in [0.2, 0.25) is 0 Å². The predicted octanol–water partition coefficient (Wildman–Crippen LogP) is 0.924. The number of aryl methyl sites for hydroxylation is 1. The zero-order chi connectivity index (χ0) is 10.8. The molecule has 0 saturated carbocycles. The van der Waals surface area contributed by atoms with Crippen LogP contribution in [0.2, 0.25) is 0 Å². The van der Waals surface area contributed by atoms with Crippen molar-refractivity contribution in [2.45, 2.75) is 19.9 Å². The van der Waals surface area contributed by atoms with E-state index in [9.17, 15) is 4.79 Å². The predicted molar refractivity (Wildman–Crippen MR) is 61.9 cm³/mol. The Kier molecular flexibility index (Phi) is 3.21. The molecule has 1 aliphatic rings. The lowest BCUT2D eigenvalue weighted by molar-refractivity contribution is 0.466. The average Bonchev–Trinajstić information content (AvgIpc) is 2.72. The Bertz CT molecular complexity index is 410. The summed E-state index contributed by atoms with van der Waals surface area (Å²) in [7, 11) is 0. The first-order chi connectivity index (χ1) is 7.18. The maximum Gasteiger partial charge on any atom is 0.267 e. The molecule has 1 unspecified atom stereocenters. The highest BCUT2D eigenvalue weighted by Crippen LogP contribution is 2.11. The van der Waals surface area contributed by atoms with Gasteiger partial charge in [0.05, 0.1) is 12.0 Å². The van der Waals surface area contributed by atoms with Gasteiger partial charge in [0.25, 0.3) is 5.56 Å². The first-order valence-corrected chi connectivity index (χ1v) is 5.90. The van der Waals surface area contributed by atoms with Crippen LogP contribution in [0.25, 0.3) is 0 Å². The van der Waals surface area contributed by atoms with E-state index >= 15 is 0 Å². The van der Waals surface area contributed by atoms with Crippen molar-refractivity contribution in [1.82, 2.24) is 14.9 Å². The second-order valence-electron chi connectivity index (χ2n) is 3.96. The van der Waals surface area contributed by atoms with Gasteiger partial charge in [0.15, 0.2) is 0 Å². The van der Waals surface area contributed by atoms with Crippen molar-refractivity contribution in [2.24, 2.45) is 5.92 Å². The lowest BCUT2D eigenvalue weighted by atomic mass is 10.1. The number of hydrogen-bond acceptors (Lipinski definition) is 3. The molecule has 4 nitrogen and oxygen atoms in total. The molecule has 1 aliphatic heterocycles. The maximum atomic E-state index is 11.8. The van der Waals surface area contributed by atoms with Crippen molar-refractivity contribution in [3.05, 3.63) is 26.8 Å². The summed E-state index contributed by atoms with van der Waals surface area (Å²) < 4.78 is 2.27. The van der Waals surface area contributed by atoms with Crippen LogP contribution in [0.3, 0.4) is 0 Å². The fourth-order valence-corrected chi connectivity index (χ4v) is 2.15. The van der Waals surface area contributed by atoms with E-state index in [0.29, 0.717) is 10.4 Å². The third-order valence-corrected chi connectivity index (χ3v) is 3.69. The lowest BCUT2D eigenvalue weighted by Gasteiger charge is -2.11. The molecule has 0 amide bonds. The second-order valence-corrected chi connectivity index (χ2v) is 4.75. The number of halogens is 1. The minimum atomic E-state index is 0.0226. The van der Waals surface area contributed by atoms with Crippen molar-refractivity contribution < 1.29 is 0 Å². The van der Waals surface area contributed by atoms with Gasteiger partial charge in [-0.25, -0.2) is 4.98 Å². The molecule has 1 N–H and O–H groups in total. The lowest BCUT2D eigenvalue weighted by Crippen LogP contribution is -2.26. The molecule has 0 bridgehead atoms. The topological polar surface area (TPSA) is 46.9 Å². The molecule has 1 aromatic heterocycles. The van der Waals surface area contributed by atoms with Crippen molar-refractivity contribution in [1.29, 1.82) is 0 Å². The number of rotatable bonds is 2. The van der Waals surface area contributed by atoms with E-state index in [1.165, 1.54) is 0 Å². The van der Waals surface area contributed by atoms with E-state index in [0.717, 1.165) is 31.7 Å². The Morgan fingerprint density at radius 3 is 3.20 bits per heavy atom. The van der Waals surface area contributed by atoms with Gasteiger partial charge in [-0.15, -0.1) is 0 Å². The van der Waals surface area contributed by atoms with Gasteiger partial charge in [0, 0.05) is 6.54 Å². The first-order valence-electron chi connectivity index (χ1n) is 5.10. The van der Waals surface area contributed by atoms with Crippen molar-refractivity contribution in [3.63, 3.8) is 0 Å². The largest absolute Gasteiger partial charge is 0.316 e. The standard InChI is InChI=1S/C10H14BrN3O/c1-7-9(11)10(15)14(6-13-7)5-8-2-3-12-4-8/h6,8,12H,2-5H2,1H3. The Morgan fingerprint density at radius 1 is 1.73 bits per heavy atom. The summed E-state index contributed by atoms with van der Waals surface area (Å²) in [6.07, 6.45) is 2.78. The summed E-state index contributed by atoms with van der Waals surface area (Å²) in [5.41, 5.74) is 0.773. The van der Waals surface area contributed by atoms with Gasteiger partial charge in [-0.3, -0.25) is 9.36 Å². The van der Waals surface area contributed by atoms with E-state index in [2.05, 4.69) is 26.2 Å². The molecule has 15 heavy (non-hydrogen) atoms. The van der Waals surface area contributed by atoms with Gasteiger partial charge in [-0.05, 0) is 48.3 Å². The number of aromatic nitrogens is 2. The Hall–Kier alpha value is -0.680. The van der Waals surface area contributed by atoms with E-state index < -0.39 is 0 Å². The van der Waals surface area contributed by atoms with Crippen LogP contribution in [-0.4, -0.2) is 22.6 Å². The minimum absolute atomic E-state index is 0.0226. The average molecular weight is 272 g/mol. The Morgan fingerprint density at radius 2 is 2.53 bits per heavy atom. The SMILES string of the molecule is Cc1ncn(CC2CCNC2)c(=O)c1Br. The smallest absolute Gasteiger partial charge is 0.267 e. The molecule has 1 aromatic rings. The third kappa shape index (κ3) is 2.29. The van der Waals surface area contributed by atoms with Crippen molar-refractivity contribution >= 4 is 15.9 Å². The molecule has 2 heterocycles. The van der Waals surface area contributed by atoms with Crippen LogP contribution in [0.5, 0.6) is 0 Å². The summed E-state index contributed by atoms with van der Waals surface area (Å²) in [6.45, 7) is 4.64. The fraction of sp³-hybridized carbons (Fsp3) is 0.600. The van der Waals surface area contributed by atoms with Crippen LogP contribution in [0.4, 0.5) is 0 Å². The van der Waals surface area contributed by atoms with Gasteiger partial charge >= 0.3 is 0 Å². The molecule has 1 fully saturated rings. The normalized spacial score (nSPS) is 20.8. The van der Waals surface area contributed by atoms with E-state index in [1.807, 2.05) is 6.92 Å². The molecule has 5 heteroatoms. The van der Waals surface area contributed by atoms with E-state index in [-0.39, 0.29) is 5.56 Å². The molecule has 0 radical (unpaired) electrons. The molecule has 0 aliphatic carbocycles. The molecular formula is C10H14BrN3O. The highest BCUT2D eigenvalue weighted by Gasteiger charge is 2.16. The number of hydrogen-bond donors (Lipinski definition) is 1.